The predicted octanol–water partition coefficient (Wildman–Crippen LogP) is 4.09. The van der Waals surface area contributed by atoms with Crippen LogP contribution in [-0.4, -0.2) is 29.4 Å². The summed E-state index contributed by atoms with van der Waals surface area (Å²) in [4.78, 5) is 0. The van der Waals surface area contributed by atoms with E-state index >= 15 is 0 Å². The van der Waals surface area contributed by atoms with Gasteiger partial charge in [-0.15, -0.1) is 12.4 Å². The molecule has 1 unspecified atom stereocenters. The van der Waals surface area contributed by atoms with Crippen molar-refractivity contribution in [3.05, 3.63) is 77.0 Å². The minimum atomic E-state index is -1.14. The van der Waals surface area contributed by atoms with Crippen LogP contribution in [0.15, 0.2) is 60.7 Å². The van der Waals surface area contributed by atoms with E-state index in [1.54, 1.807) is 0 Å². The van der Waals surface area contributed by atoms with Gasteiger partial charge in [0.1, 0.15) is 5.60 Å². The Bertz CT molecular complexity index is 587. The number of halogens is 1. The van der Waals surface area contributed by atoms with E-state index in [1.165, 1.54) is 0 Å². The van der Waals surface area contributed by atoms with Gasteiger partial charge in [0, 0.05) is 18.8 Å². The second-order valence-electron chi connectivity index (χ2n) is 6.79. The average Bonchev–Trinajstić information content (AvgIpc) is 3.01. The standard InChI is InChI=1S/C20H25NO2.ClH/c1-17(16-21(23)14-8-9-15-21)20(22,18-10-4-2-5-11-18)19-12-6-3-7-13-19;/h2-7,10-13,17,22H,8-9,14-16H2,1H3;1H. The van der Waals surface area contributed by atoms with E-state index in [0.29, 0.717) is 19.6 Å². The molecule has 0 aliphatic carbocycles. The van der Waals surface area contributed by atoms with Gasteiger partial charge in [0.25, 0.3) is 0 Å². The summed E-state index contributed by atoms with van der Waals surface area (Å²) in [5.74, 6) is -0.164. The lowest BCUT2D eigenvalue weighted by molar-refractivity contribution is -0.872. The van der Waals surface area contributed by atoms with Gasteiger partial charge >= 0.3 is 0 Å². The normalized spacial score (nSPS) is 18.0. The van der Waals surface area contributed by atoms with E-state index in [4.69, 9.17) is 0 Å². The van der Waals surface area contributed by atoms with Gasteiger partial charge in [-0.05, 0) is 11.1 Å². The molecule has 0 amide bonds. The van der Waals surface area contributed by atoms with Crippen LogP contribution in [-0.2, 0) is 5.60 Å². The lowest BCUT2D eigenvalue weighted by atomic mass is 9.76. The number of aliphatic hydroxyl groups is 1. The minimum absolute atomic E-state index is 0. The van der Waals surface area contributed by atoms with E-state index in [0.717, 1.165) is 24.0 Å². The van der Waals surface area contributed by atoms with Crippen LogP contribution in [0.25, 0.3) is 0 Å². The first-order chi connectivity index (χ1) is 11.0. The summed E-state index contributed by atoms with van der Waals surface area (Å²) in [6, 6.07) is 19.4. The summed E-state index contributed by atoms with van der Waals surface area (Å²) in [6.45, 7) is 3.78. The molecule has 1 fully saturated rings. The number of hydrogen-bond acceptors (Lipinski definition) is 2. The molecule has 3 rings (SSSR count). The van der Waals surface area contributed by atoms with E-state index in [9.17, 15) is 10.3 Å². The smallest absolute Gasteiger partial charge is 0.122 e. The quantitative estimate of drug-likeness (QED) is 0.654. The van der Waals surface area contributed by atoms with Crippen LogP contribution in [0, 0.1) is 11.1 Å². The molecule has 1 atom stereocenters. The number of hydrogen-bond donors (Lipinski definition) is 1. The Morgan fingerprint density at radius 2 is 1.38 bits per heavy atom. The number of benzene rings is 2. The highest BCUT2D eigenvalue weighted by molar-refractivity contribution is 5.85. The molecule has 0 saturated carbocycles. The van der Waals surface area contributed by atoms with Crippen molar-refractivity contribution in [2.75, 3.05) is 19.6 Å². The Morgan fingerprint density at radius 1 is 0.958 bits per heavy atom. The Labute approximate surface area is 150 Å². The van der Waals surface area contributed by atoms with Crippen molar-refractivity contribution in [1.29, 1.82) is 0 Å². The fourth-order valence-electron chi connectivity index (χ4n) is 3.85. The lowest BCUT2D eigenvalue weighted by Crippen LogP contribution is -2.48. The molecule has 1 heterocycles. The summed E-state index contributed by atoms with van der Waals surface area (Å²) < 4.78 is -0.177. The second-order valence-corrected chi connectivity index (χ2v) is 6.79. The Morgan fingerprint density at radius 3 is 1.79 bits per heavy atom. The minimum Gasteiger partial charge on any atom is -0.633 e. The Hall–Kier alpha value is -1.39. The van der Waals surface area contributed by atoms with Crippen LogP contribution in [0.1, 0.15) is 30.9 Å². The number of hydroxylamine groups is 3. The maximum Gasteiger partial charge on any atom is 0.122 e. The third kappa shape index (κ3) is 3.65. The van der Waals surface area contributed by atoms with Gasteiger partial charge in [-0.25, -0.2) is 0 Å². The lowest BCUT2D eigenvalue weighted by Gasteiger charge is -2.45. The summed E-state index contributed by atoms with van der Waals surface area (Å²) in [6.07, 6.45) is 1.98. The third-order valence-electron chi connectivity index (χ3n) is 5.13. The van der Waals surface area contributed by atoms with Crippen LogP contribution in [0.4, 0.5) is 0 Å². The topological polar surface area (TPSA) is 43.3 Å². The Balaban J connectivity index is 0.00000208. The zero-order valence-electron chi connectivity index (χ0n) is 14.1. The molecule has 130 valence electrons. The molecule has 1 saturated heterocycles. The largest absolute Gasteiger partial charge is 0.633 e. The first-order valence-corrected chi connectivity index (χ1v) is 8.45. The fourth-order valence-corrected chi connectivity index (χ4v) is 3.85. The summed E-state index contributed by atoms with van der Waals surface area (Å²) in [5.41, 5.74) is 0.565. The zero-order valence-corrected chi connectivity index (χ0v) is 14.9. The van der Waals surface area contributed by atoms with Crippen molar-refractivity contribution in [1.82, 2.24) is 0 Å². The number of quaternary nitrogens is 1. The third-order valence-corrected chi connectivity index (χ3v) is 5.13. The molecule has 2 aromatic carbocycles. The molecular formula is C20H26ClNO2. The van der Waals surface area contributed by atoms with Crippen LogP contribution < -0.4 is 0 Å². The first kappa shape index (κ1) is 18.9. The van der Waals surface area contributed by atoms with Gasteiger partial charge in [-0.2, -0.15) is 0 Å². The van der Waals surface area contributed by atoms with E-state index in [-0.39, 0.29) is 23.0 Å². The maximum absolute atomic E-state index is 12.8. The van der Waals surface area contributed by atoms with E-state index in [2.05, 4.69) is 0 Å². The molecule has 0 aromatic heterocycles. The van der Waals surface area contributed by atoms with Crippen molar-refractivity contribution in [3.8, 4) is 0 Å². The average molecular weight is 348 g/mol. The van der Waals surface area contributed by atoms with Crippen LogP contribution in [0.3, 0.4) is 0 Å². The van der Waals surface area contributed by atoms with Gasteiger partial charge in [-0.1, -0.05) is 67.6 Å². The van der Waals surface area contributed by atoms with E-state index in [1.807, 2.05) is 67.6 Å². The van der Waals surface area contributed by atoms with Gasteiger partial charge in [0.15, 0.2) is 0 Å². The molecule has 4 heteroatoms. The highest BCUT2D eigenvalue weighted by atomic mass is 35.5. The van der Waals surface area contributed by atoms with Crippen molar-refractivity contribution in [2.24, 2.45) is 5.92 Å². The maximum atomic E-state index is 12.8. The van der Waals surface area contributed by atoms with Crippen molar-refractivity contribution in [2.45, 2.75) is 25.4 Å². The highest BCUT2D eigenvalue weighted by Crippen LogP contribution is 2.38. The monoisotopic (exact) mass is 347 g/mol. The van der Waals surface area contributed by atoms with Gasteiger partial charge in [-0.3, -0.25) is 0 Å². The van der Waals surface area contributed by atoms with Gasteiger partial charge in [0.05, 0.1) is 19.6 Å². The summed E-state index contributed by atoms with van der Waals surface area (Å²) in [7, 11) is 0. The molecule has 2 aromatic rings. The molecule has 1 aliphatic heterocycles. The Kier molecular flexibility index (Phi) is 6.05. The van der Waals surface area contributed by atoms with Crippen molar-refractivity contribution in [3.63, 3.8) is 0 Å². The van der Waals surface area contributed by atoms with Gasteiger partial charge in [0.2, 0.25) is 0 Å². The molecule has 0 spiro atoms. The number of nitrogens with zero attached hydrogens (tertiary/aromatic N) is 1. The second kappa shape index (κ2) is 7.66. The molecule has 1 N–H and O–H groups in total. The summed E-state index contributed by atoms with van der Waals surface area (Å²) in [5, 5.41) is 24.5. The molecule has 3 nitrogen and oxygen atoms in total. The summed E-state index contributed by atoms with van der Waals surface area (Å²) >= 11 is 0. The molecule has 0 bridgehead atoms. The zero-order chi connectivity index (χ0) is 16.3. The first-order valence-electron chi connectivity index (χ1n) is 8.45. The molecule has 0 radical (unpaired) electrons. The number of likely N-dealkylation sites (tertiary alicyclic amines) is 1. The number of rotatable bonds is 5. The highest BCUT2D eigenvalue weighted by Gasteiger charge is 2.41. The predicted molar refractivity (Wildman–Crippen MR) is 99.8 cm³/mol. The van der Waals surface area contributed by atoms with Crippen LogP contribution in [0.2, 0.25) is 0 Å². The van der Waals surface area contributed by atoms with Crippen LogP contribution in [0.5, 0.6) is 0 Å². The molecular weight excluding hydrogens is 322 g/mol. The molecule has 24 heavy (non-hydrogen) atoms. The van der Waals surface area contributed by atoms with E-state index < -0.39 is 5.60 Å². The van der Waals surface area contributed by atoms with Crippen molar-refractivity contribution >= 4 is 12.4 Å². The molecule has 1 aliphatic rings. The van der Waals surface area contributed by atoms with Crippen LogP contribution >= 0.6 is 12.4 Å². The van der Waals surface area contributed by atoms with Gasteiger partial charge < -0.3 is 15.0 Å². The fraction of sp³-hybridized carbons (Fsp3) is 0.400. The van der Waals surface area contributed by atoms with Crippen molar-refractivity contribution < 1.29 is 9.75 Å². The SMILES string of the molecule is CC(C[N+]1([O-])CCCC1)C(O)(c1ccccc1)c1ccccc1.Cl.